The second kappa shape index (κ2) is 7.01. The first-order chi connectivity index (χ1) is 14.1. The van der Waals surface area contributed by atoms with Gasteiger partial charge in [-0.05, 0) is 37.3 Å². The fourth-order valence-electron chi connectivity index (χ4n) is 5.30. The van der Waals surface area contributed by atoms with Crippen LogP contribution in [-0.4, -0.2) is 51.0 Å². The molecule has 6 heteroatoms. The highest BCUT2D eigenvalue weighted by atomic mass is 16.2. The Hall–Kier alpha value is -2.63. The lowest BCUT2D eigenvalue weighted by Crippen LogP contribution is -2.52. The molecular formula is C23H28N4O2. The van der Waals surface area contributed by atoms with E-state index in [9.17, 15) is 9.59 Å². The standard InChI is InChI=1S/C23H28N4O2/c1-25-20(10-12-24-25)19-15-27(21(28)18-8-9-18)16-23(19)11-5-13-26(22(23)29)14-17-6-3-2-4-7-17/h2-4,6-7,10,12,18-19H,5,8-9,11,13-16H2,1H3/t19-,23+/m0/s1. The van der Waals surface area contributed by atoms with Crippen molar-refractivity contribution < 1.29 is 9.59 Å². The van der Waals surface area contributed by atoms with Crippen molar-refractivity contribution >= 4 is 11.8 Å². The summed E-state index contributed by atoms with van der Waals surface area (Å²) in [7, 11) is 1.93. The number of aryl methyl sites for hydroxylation is 1. The predicted octanol–water partition coefficient (Wildman–Crippen LogP) is 2.56. The Morgan fingerprint density at radius 3 is 2.69 bits per heavy atom. The van der Waals surface area contributed by atoms with Crippen LogP contribution in [0.25, 0.3) is 0 Å². The van der Waals surface area contributed by atoms with Crippen LogP contribution in [0.15, 0.2) is 42.6 Å². The van der Waals surface area contributed by atoms with Crippen molar-refractivity contribution in [3.8, 4) is 0 Å². The van der Waals surface area contributed by atoms with Crippen LogP contribution in [0.4, 0.5) is 0 Å². The van der Waals surface area contributed by atoms with Gasteiger partial charge in [0.2, 0.25) is 11.8 Å². The summed E-state index contributed by atoms with van der Waals surface area (Å²) in [4.78, 5) is 30.8. The number of rotatable bonds is 4. The lowest BCUT2D eigenvalue weighted by atomic mass is 9.70. The van der Waals surface area contributed by atoms with Gasteiger partial charge in [0.05, 0.1) is 5.41 Å². The minimum atomic E-state index is -0.536. The Morgan fingerprint density at radius 1 is 1.21 bits per heavy atom. The zero-order valence-corrected chi connectivity index (χ0v) is 17.0. The van der Waals surface area contributed by atoms with E-state index in [0.29, 0.717) is 19.6 Å². The summed E-state index contributed by atoms with van der Waals surface area (Å²) >= 11 is 0. The van der Waals surface area contributed by atoms with E-state index in [4.69, 9.17) is 0 Å². The Morgan fingerprint density at radius 2 is 2.00 bits per heavy atom. The molecular weight excluding hydrogens is 364 g/mol. The molecule has 2 aromatic rings. The third-order valence-corrected chi connectivity index (χ3v) is 6.98. The van der Waals surface area contributed by atoms with Gasteiger partial charge in [-0.1, -0.05) is 30.3 Å². The molecule has 0 radical (unpaired) electrons. The zero-order chi connectivity index (χ0) is 20.0. The molecule has 29 heavy (non-hydrogen) atoms. The number of hydrogen-bond acceptors (Lipinski definition) is 3. The molecule has 5 rings (SSSR count). The number of piperidine rings is 1. The summed E-state index contributed by atoms with van der Waals surface area (Å²) in [6, 6.07) is 12.2. The minimum Gasteiger partial charge on any atom is -0.341 e. The van der Waals surface area contributed by atoms with Gasteiger partial charge in [0.25, 0.3) is 0 Å². The fraction of sp³-hybridized carbons (Fsp3) is 0.522. The molecule has 1 saturated carbocycles. The summed E-state index contributed by atoms with van der Waals surface area (Å²) < 4.78 is 1.88. The van der Waals surface area contributed by atoms with Gasteiger partial charge >= 0.3 is 0 Å². The van der Waals surface area contributed by atoms with Crippen molar-refractivity contribution in [2.24, 2.45) is 18.4 Å². The van der Waals surface area contributed by atoms with E-state index in [2.05, 4.69) is 17.2 Å². The van der Waals surface area contributed by atoms with Crippen molar-refractivity contribution in [1.82, 2.24) is 19.6 Å². The quantitative estimate of drug-likeness (QED) is 0.804. The highest BCUT2D eigenvalue weighted by Gasteiger charge is 2.57. The maximum Gasteiger partial charge on any atom is 0.231 e. The first kappa shape index (κ1) is 18.4. The topological polar surface area (TPSA) is 58.4 Å². The lowest BCUT2D eigenvalue weighted by molar-refractivity contribution is -0.148. The molecule has 0 N–H and O–H groups in total. The molecule has 1 spiro atoms. The molecule has 0 bridgehead atoms. The van der Waals surface area contributed by atoms with Crippen molar-refractivity contribution in [2.75, 3.05) is 19.6 Å². The van der Waals surface area contributed by atoms with Crippen LogP contribution >= 0.6 is 0 Å². The molecule has 3 heterocycles. The number of likely N-dealkylation sites (tertiary alicyclic amines) is 2. The van der Waals surface area contributed by atoms with Crippen LogP contribution in [0.5, 0.6) is 0 Å². The van der Waals surface area contributed by atoms with Gasteiger partial charge in [-0.2, -0.15) is 5.10 Å². The highest BCUT2D eigenvalue weighted by molar-refractivity contribution is 5.88. The van der Waals surface area contributed by atoms with Gasteiger partial charge < -0.3 is 9.80 Å². The maximum atomic E-state index is 13.9. The molecule has 2 atom stereocenters. The first-order valence-electron chi connectivity index (χ1n) is 10.7. The minimum absolute atomic E-state index is 0.00349. The SMILES string of the molecule is Cn1nccc1[C@@H]1CN(C(=O)C2CC2)C[C@]12CCCN(Cc1ccccc1)C2=O. The largest absolute Gasteiger partial charge is 0.341 e. The number of carbonyl (C=O) groups is 2. The summed E-state index contributed by atoms with van der Waals surface area (Å²) in [5.74, 6) is 0.618. The Labute approximate surface area is 171 Å². The molecule has 0 unspecified atom stereocenters. The van der Waals surface area contributed by atoms with E-state index in [1.807, 2.05) is 45.8 Å². The molecule has 3 aliphatic rings. The van der Waals surface area contributed by atoms with E-state index in [0.717, 1.165) is 43.5 Å². The average Bonchev–Trinajstić information content (AvgIpc) is 3.39. The van der Waals surface area contributed by atoms with E-state index in [-0.39, 0.29) is 23.7 Å². The molecule has 1 aliphatic carbocycles. The smallest absolute Gasteiger partial charge is 0.231 e. The summed E-state index contributed by atoms with van der Waals surface area (Å²) in [5, 5.41) is 4.36. The number of benzene rings is 1. The van der Waals surface area contributed by atoms with Crippen molar-refractivity contribution in [2.45, 2.75) is 38.1 Å². The van der Waals surface area contributed by atoms with E-state index >= 15 is 0 Å². The van der Waals surface area contributed by atoms with Crippen LogP contribution in [0, 0.1) is 11.3 Å². The molecule has 3 fully saturated rings. The molecule has 1 aromatic heterocycles. The molecule has 6 nitrogen and oxygen atoms in total. The first-order valence-corrected chi connectivity index (χ1v) is 10.7. The number of carbonyl (C=O) groups excluding carboxylic acids is 2. The zero-order valence-electron chi connectivity index (χ0n) is 17.0. The van der Waals surface area contributed by atoms with E-state index in [1.165, 1.54) is 0 Å². The lowest BCUT2D eigenvalue weighted by Gasteiger charge is -2.42. The molecule has 2 saturated heterocycles. The average molecular weight is 393 g/mol. The molecule has 2 amide bonds. The third-order valence-electron chi connectivity index (χ3n) is 6.98. The number of nitrogens with zero attached hydrogens (tertiary/aromatic N) is 4. The Kier molecular flexibility index (Phi) is 4.45. The van der Waals surface area contributed by atoms with Crippen LogP contribution in [0.3, 0.4) is 0 Å². The van der Waals surface area contributed by atoms with Crippen LogP contribution in [0.2, 0.25) is 0 Å². The van der Waals surface area contributed by atoms with E-state index in [1.54, 1.807) is 6.20 Å². The molecule has 1 aromatic carbocycles. The van der Waals surface area contributed by atoms with Crippen molar-refractivity contribution in [1.29, 1.82) is 0 Å². The van der Waals surface area contributed by atoms with Crippen molar-refractivity contribution in [3.05, 3.63) is 53.9 Å². The van der Waals surface area contributed by atoms with E-state index < -0.39 is 5.41 Å². The molecule has 152 valence electrons. The Bertz CT molecular complexity index is 920. The Balaban J connectivity index is 1.47. The van der Waals surface area contributed by atoms with Gasteiger partial charge in [-0.25, -0.2) is 0 Å². The third kappa shape index (κ3) is 3.15. The van der Waals surface area contributed by atoms with Crippen molar-refractivity contribution in [3.63, 3.8) is 0 Å². The number of amides is 2. The molecule has 2 aliphatic heterocycles. The summed E-state index contributed by atoms with van der Waals surface area (Å²) in [6.07, 6.45) is 5.59. The van der Waals surface area contributed by atoms with Gasteiger partial charge in [0.15, 0.2) is 0 Å². The monoisotopic (exact) mass is 392 g/mol. The van der Waals surface area contributed by atoms with Gasteiger partial charge in [0, 0.05) is 57.0 Å². The number of aromatic nitrogens is 2. The maximum absolute atomic E-state index is 13.9. The van der Waals surface area contributed by atoms with Crippen LogP contribution in [-0.2, 0) is 23.2 Å². The van der Waals surface area contributed by atoms with Gasteiger partial charge in [0.1, 0.15) is 0 Å². The second-order valence-corrected chi connectivity index (χ2v) is 8.90. The van der Waals surface area contributed by atoms with Crippen LogP contribution < -0.4 is 0 Å². The van der Waals surface area contributed by atoms with Gasteiger partial charge in [-0.3, -0.25) is 14.3 Å². The van der Waals surface area contributed by atoms with Crippen LogP contribution in [0.1, 0.15) is 42.9 Å². The normalized spacial score (nSPS) is 27.1. The summed E-state index contributed by atoms with van der Waals surface area (Å²) in [5.41, 5.74) is 1.68. The van der Waals surface area contributed by atoms with Gasteiger partial charge in [-0.15, -0.1) is 0 Å². The number of hydrogen-bond donors (Lipinski definition) is 0. The fourth-order valence-corrected chi connectivity index (χ4v) is 5.30. The predicted molar refractivity (Wildman–Crippen MR) is 109 cm³/mol. The highest BCUT2D eigenvalue weighted by Crippen LogP contribution is 2.50. The summed E-state index contributed by atoms with van der Waals surface area (Å²) in [6.45, 7) is 2.59. The second-order valence-electron chi connectivity index (χ2n) is 8.90.